The molecule has 2 rings (SSSR count). The summed E-state index contributed by atoms with van der Waals surface area (Å²) in [6, 6.07) is 0. The molecule has 0 radical (unpaired) electrons. The van der Waals surface area contributed by atoms with E-state index in [-0.39, 0.29) is 0 Å². The molecule has 0 aromatic heterocycles. The monoisotopic (exact) mass is 230 g/mol. The smallest absolute Gasteiger partial charge is 0.212 e. The quantitative estimate of drug-likeness (QED) is 0.475. The van der Waals surface area contributed by atoms with Crippen LogP contribution in [0.2, 0.25) is 0 Å². The van der Waals surface area contributed by atoms with Crippen LogP contribution in [0, 0.1) is 23.7 Å². The van der Waals surface area contributed by atoms with Gasteiger partial charge in [0.15, 0.2) is 17.5 Å². The SMILES string of the molecule is CC1C#CC(F)/C(F)=C(/C2CC2)C(F)=C1F. The first kappa shape index (κ1) is 11.3. The summed E-state index contributed by atoms with van der Waals surface area (Å²) < 4.78 is 53.7. The van der Waals surface area contributed by atoms with Gasteiger partial charge in [-0.1, -0.05) is 11.8 Å². The fraction of sp³-hybridized carbons (Fsp3) is 0.500. The lowest BCUT2D eigenvalue weighted by atomic mass is 9.99. The minimum Gasteiger partial charge on any atom is -0.225 e. The van der Waals surface area contributed by atoms with E-state index in [1.807, 2.05) is 5.92 Å². The molecule has 0 bridgehead atoms. The van der Waals surface area contributed by atoms with Crippen molar-refractivity contribution in [3.63, 3.8) is 0 Å². The topological polar surface area (TPSA) is 0 Å². The molecule has 2 atom stereocenters. The lowest BCUT2D eigenvalue weighted by Gasteiger charge is -2.12. The molecule has 1 fully saturated rings. The van der Waals surface area contributed by atoms with Gasteiger partial charge >= 0.3 is 0 Å². The molecular weight excluding hydrogens is 220 g/mol. The number of halogens is 4. The van der Waals surface area contributed by atoms with Crippen LogP contribution >= 0.6 is 0 Å². The number of alkyl halides is 1. The summed E-state index contributed by atoms with van der Waals surface area (Å²) in [5.74, 6) is -0.940. The molecule has 4 heteroatoms. The molecule has 16 heavy (non-hydrogen) atoms. The zero-order valence-corrected chi connectivity index (χ0v) is 8.66. The second-order valence-corrected chi connectivity index (χ2v) is 4.07. The van der Waals surface area contributed by atoms with E-state index in [1.54, 1.807) is 0 Å². The molecule has 0 spiro atoms. The Morgan fingerprint density at radius 1 is 1.06 bits per heavy atom. The summed E-state index contributed by atoms with van der Waals surface area (Å²) in [5.41, 5.74) is -0.453. The zero-order chi connectivity index (χ0) is 11.9. The Labute approximate surface area is 91.0 Å². The third-order valence-electron chi connectivity index (χ3n) is 2.72. The second kappa shape index (κ2) is 3.97. The van der Waals surface area contributed by atoms with E-state index in [1.165, 1.54) is 6.92 Å². The fourth-order valence-electron chi connectivity index (χ4n) is 1.63. The van der Waals surface area contributed by atoms with Crippen molar-refractivity contribution in [2.24, 2.45) is 11.8 Å². The van der Waals surface area contributed by atoms with Gasteiger partial charge in [0.05, 0.1) is 5.92 Å². The van der Waals surface area contributed by atoms with Crippen molar-refractivity contribution in [2.45, 2.75) is 25.9 Å². The molecule has 0 amide bonds. The maximum Gasteiger partial charge on any atom is 0.212 e. The van der Waals surface area contributed by atoms with Gasteiger partial charge in [-0.3, -0.25) is 0 Å². The first-order chi connectivity index (χ1) is 7.52. The average molecular weight is 230 g/mol. The normalized spacial score (nSPS) is 35.3. The summed E-state index contributed by atoms with van der Waals surface area (Å²) in [7, 11) is 0. The van der Waals surface area contributed by atoms with Gasteiger partial charge in [-0.15, -0.1) is 0 Å². The predicted molar refractivity (Wildman–Crippen MR) is 51.9 cm³/mol. The molecule has 0 aliphatic heterocycles. The van der Waals surface area contributed by atoms with Crippen LogP contribution in [0.15, 0.2) is 23.1 Å². The van der Waals surface area contributed by atoms with Crippen LogP contribution < -0.4 is 0 Å². The Bertz CT molecular complexity index is 432. The highest BCUT2D eigenvalue weighted by Gasteiger charge is 2.36. The summed E-state index contributed by atoms with van der Waals surface area (Å²) in [5, 5.41) is 0. The van der Waals surface area contributed by atoms with Gasteiger partial charge in [0, 0.05) is 5.57 Å². The molecule has 2 aliphatic carbocycles. The minimum absolute atomic E-state index is 0.393. The van der Waals surface area contributed by atoms with Gasteiger partial charge in [0.1, 0.15) is 0 Å². The molecule has 86 valence electrons. The Morgan fingerprint density at radius 2 is 1.69 bits per heavy atom. The minimum atomic E-state index is -2.14. The molecule has 0 N–H and O–H groups in total. The van der Waals surface area contributed by atoms with E-state index >= 15 is 0 Å². The van der Waals surface area contributed by atoms with Crippen LogP contribution in [0.5, 0.6) is 0 Å². The zero-order valence-electron chi connectivity index (χ0n) is 8.66. The molecule has 2 aliphatic rings. The maximum absolute atomic E-state index is 13.6. The number of allylic oxidation sites excluding steroid dienone is 4. The fourth-order valence-corrected chi connectivity index (χ4v) is 1.63. The van der Waals surface area contributed by atoms with Crippen molar-refractivity contribution < 1.29 is 17.6 Å². The first-order valence-electron chi connectivity index (χ1n) is 5.12. The van der Waals surface area contributed by atoms with Crippen LogP contribution in [0.3, 0.4) is 0 Å². The summed E-state index contributed by atoms with van der Waals surface area (Å²) in [6.07, 6.45) is -1.01. The van der Waals surface area contributed by atoms with Crippen molar-refractivity contribution in [1.29, 1.82) is 0 Å². The average Bonchev–Trinajstić information content (AvgIpc) is 3.07. The van der Waals surface area contributed by atoms with Crippen molar-refractivity contribution >= 4 is 0 Å². The van der Waals surface area contributed by atoms with Crippen molar-refractivity contribution in [1.82, 2.24) is 0 Å². The van der Waals surface area contributed by atoms with Crippen LogP contribution in [-0.2, 0) is 0 Å². The molecule has 0 aromatic carbocycles. The van der Waals surface area contributed by atoms with Crippen molar-refractivity contribution in [3.05, 3.63) is 23.1 Å². The van der Waals surface area contributed by atoms with E-state index in [9.17, 15) is 17.6 Å². The number of hydrogen-bond donors (Lipinski definition) is 0. The molecule has 0 saturated heterocycles. The Morgan fingerprint density at radius 3 is 2.25 bits per heavy atom. The molecular formula is C12H10F4. The van der Waals surface area contributed by atoms with E-state index in [2.05, 4.69) is 5.92 Å². The predicted octanol–water partition coefficient (Wildman–Crippen LogP) is 3.76. The van der Waals surface area contributed by atoms with Gasteiger partial charge in [0.2, 0.25) is 6.17 Å². The Hall–Kier alpha value is -1.24. The summed E-state index contributed by atoms with van der Waals surface area (Å²) in [4.78, 5) is 0. The van der Waals surface area contributed by atoms with Crippen LogP contribution in [-0.4, -0.2) is 6.17 Å². The molecule has 0 nitrogen and oxygen atoms in total. The van der Waals surface area contributed by atoms with Gasteiger partial charge < -0.3 is 0 Å². The third-order valence-corrected chi connectivity index (χ3v) is 2.72. The highest BCUT2D eigenvalue weighted by Crippen LogP contribution is 2.45. The first-order valence-corrected chi connectivity index (χ1v) is 5.12. The van der Waals surface area contributed by atoms with Crippen LogP contribution in [0.4, 0.5) is 17.6 Å². The van der Waals surface area contributed by atoms with Crippen molar-refractivity contribution in [3.8, 4) is 11.8 Å². The molecule has 1 saturated carbocycles. The lowest BCUT2D eigenvalue weighted by molar-refractivity contribution is 0.376. The van der Waals surface area contributed by atoms with Gasteiger partial charge in [-0.05, 0) is 25.7 Å². The van der Waals surface area contributed by atoms with Gasteiger partial charge in [-0.25, -0.2) is 17.6 Å². The second-order valence-electron chi connectivity index (χ2n) is 4.07. The number of rotatable bonds is 1. The third kappa shape index (κ3) is 1.87. The van der Waals surface area contributed by atoms with E-state index in [0.717, 1.165) is 0 Å². The number of hydrogen-bond acceptors (Lipinski definition) is 0. The van der Waals surface area contributed by atoms with E-state index in [0.29, 0.717) is 12.8 Å². The Balaban J connectivity index is 2.55. The van der Waals surface area contributed by atoms with Gasteiger partial charge in [0.25, 0.3) is 0 Å². The van der Waals surface area contributed by atoms with Gasteiger partial charge in [-0.2, -0.15) is 0 Å². The summed E-state index contributed by atoms with van der Waals surface area (Å²) >= 11 is 0. The van der Waals surface area contributed by atoms with Crippen molar-refractivity contribution in [2.75, 3.05) is 0 Å². The van der Waals surface area contributed by atoms with E-state index in [4.69, 9.17) is 0 Å². The molecule has 2 unspecified atom stereocenters. The molecule has 0 heterocycles. The standard InChI is InChI=1S/C12H10F4/c1-6-2-5-8(13)11(15)9(7-3-4-7)12(16)10(6)14/h6-8H,3-4H2,1H3/b11-9+,12-10?. The lowest BCUT2D eigenvalue weighted by Crippen LogP contribution is -2.09. The highest BCUT2D eigenvalue weighted by molar-refractivity contribution is 5.42. The maximum atomic E-state index is 13.6. The highest BCUT2D eigenvalue weighted by atomic mass is 19.2. The van der Waals surface area contributed by atoms with E-state index < -0.39 is 41.1 Å². The van der Waals surface area contributed by atoms with Crippen LogP contribution in [0.1, 0.15) is 19.8 Å². The summed E-state index contributed by atoms with van der Waals surface area (Å²) in [6.45, 7) is 1.32. The molecule has 0 aromatic rings. The van der Waals surface area contributed by atoms with Crippen LogP contribution in [0.25, 0.3) is 0 Å². The Kier molecular flexibility index (Phi) is 2.79. The largest absolute Gasteiger partial charge is 0.225 e.